The Morgan fingerprint density at radius 2 is 1.74 bits per heavy atom. The van der Waals surface area contributed by atoms with Crippen LogP contribution in [-0.2, 0) is 6.42 Å². The van der Waals surface area contributed by atoms with Gasteiger partial charge in [0.15, 0.2) is 5.75 Å². The van der Waals surface area contributed by atoms with Gasteiger partial charge in [0.2, 0.25) is 0 Å². The molecule has 5 heteroatoms. The third kappa shape index (κ3) is 4.24. The Balaban J connectivity index is 1.36. The fourth-order valence-electron chi connectivity index (χ4n) is 4.28. The van der Waals surface area contributed by atoms with Crippen LogP contribution in [0.2, 0.25) is 0 Å². The van der Waals surface area contributed by atoms with Gasteiger partial charge in [0.05, 0.1) is 5.69 Å². The predicted octanol–water partition coefficient (Wildman–Crippen LogP) is 3.88. The lowest BCUT2D eigenvalue weighted by atomic mass is 9.89. The van der Waals surface area contributed by atoms with Crippen LogP contribution in [0.25, 0.3) is 0 Å². The maximum Gasteiger partial charge on any atom is 0.257 e. The average Bonchev–Trinajstić information content (AvgIpc) is 2.67. The molecule has 4 heterocycles. The number of pyridine rings is 2. The van der Waals surface area contributed by atoms with E-state index >= 15 is 0 Å². The van der Waals surface area contributed by atoms with Crippen molar-refractivity contribution >= 4 is 0 Å². The molecule has 5 nitrogen and oxygen atoms in total. The standard InChI is InChI=1S/C22H29N3O2/c1-15-12-19(13-16(2)23-15)14-18-6-8-25(9-7-18)17(3)20-4-5-21-22(24-20)27-11-10-26-21/h4-5,12-13,17-18H,6-11,14H2,1-3H3. The molecule has 0 saturated carbocycles. The molecular formula is C22H29N3O2. The Hall–Kier alpha value is -2.14. The highest BCUT2D eigenvalue weighted by atomic mass is 16.6. The molecule has 1 fully saturated rings. The summed E-state index contributed by atoms with van der Waals surface area (Å²) in [6.45, 7) is 9.83. The molecular weight excluding hydrogens is 338 g/mol. The van der Waals surface area contributed by atoms with Crippen molar-refractivity contribution < 1.29 is 9.47 Å². The zero-order valence-corrected chi connectivity index (χ0v) is 16.6. The van der Waals surface area contributed by atoms with E-state index in [1.54, 1.807) is 0 Å². The van der Waals surface area contributed by atoms with Crippen LogP contribution in [0.15, 0.2) is 24.3 Å². The van der Waals surface area contributed by atoms with E-state index in [-0.39, 0.29) is 0 Å². The molecule has 0 amide bonds. The van der Waals surface area contributed by atoms with Crippen LogP contribution in [0.5, 0.6) is 11.6 Å². The van der Waals surface area contributed by atoms with Gasteiger partial charge in [-0.05, 0) is 88.9 Å². The third-order valence-electron chi connectivity index (χ3n) is 5.72. The SMILES string of the molecule is Cc1cc(CC2CCN(C(C)c3ccc4c(n3)OCCO4)CC2)cc(C)n1. The van der Waals surface area contributed by atoms with Gasteiger partial charge in [0.25, 0.3) is 5.88 Å². The predicted molar refractivity (Wildman–Crippen MR) is 105 cm³/mol. The number of aromatic nitrogens is 2. The zero-order chi connectivity index (χ0) is 18.8. The van der Waals surface area contributed by atoms with Crippen molar-refractivity contribution in [2.75, 3.05) is 26.3 Å². The molecule has 27 heavy (non-hydrogen) atoms. The molecule has 4 rings (SSSR count). The summed E-state index contributed by atoms with van der Waals surface area (Å²) < 4.78 is 11.2. The number of rotatable bonds is 4. The molecule has 0 N–H and O–H groups in total. The highest BCUT2D eigenvalue weighted by molar-refractivity contribution is 5.36. The molecule has 0 aromatic carbocycles. The fraction of sp³-hybridized carbons (Fsp3) is 0.545. The van der Waals surface area contributed by atoms with Gasteiger partial charge in [0, 0.05) is 17.4 Å². The van der Waals surface area contributed by atoms with Gasteiger partial charge < -0.3 is 9.47 Å². The quantitative estimate of drug-likeness (QED) is 0.821. The molecule has 0 radical (unpaired) electrons. The summed E-state index contributed by atoms with van der Waals surface area (Å²) in [6, 6.07) is 8.84. The second-order valence-electron chi connectivity index (χ2n) is 7.85. The number of piperidine rings is 1. The summed E-state index contributed by atoms with van der Waals surface area (Å²) in [5, 5.41) is 0. The molecule has 2 aliphatic rings. The Bertz CT molecular complexity index is 780. The van der Waals surface area contributed by atoms with E-state index in [0.29, 0.717) is 25.1 Å². The zero-order valence-electron chi connectivity index (χ0n) is 16.6. The normalized spacial score (nSPS) is 19.1. The maximum absolute atomic E-state index is 5.64. The van der Waals surface area contributed by atoms with Crippen molar-refractivity contribution in [1.82, 2.24) is 14.9 Å². The van der Waals surface area contributed by atoms with Crippen LogP contribution in [0.4, 0.5) is 0 Å². The number of nitrogens with zero attached hydrogens (tertiary/aromatic N) is 3. The van der Waals surface area contributed by atoms with Gasteiger partial charge in [-0.2, -0.15) is 0 Å². The molecule has 2 aromatic rings. The number of hydrogen-bond acceptors (Lipinski definition) is 5. The van der Waals surface area contributed by atoms with Crippen molar-refractivity contribution in [3.8, 4) is 11.6 Å². The molecule has 2 aromatic heterocycles. The van der Waals surface area contributed by atoms with E-state index in [4.69, 9.17) is 14.5 Å². The van der Waals surface area contributed by atoms with Crippen LogP contribution in [-0.4, -0.2) is 41.2 Å². The highest BCUT2D eigenvalue weighted by Crippen LogP contribution is 2.32. The van der Waals surface area contributed by atoms with Gasteiger partial charge in [-0.1, -0.05) is 0 Å². The smallest absolute Gasteiger partial charge is 0.257 e. The maximum atomic E-state index is 5.64. The number of ether oxygens (including phenoxy) is 2. The lowest BCUT2D eigenvalue weighted by molar-refractivity contribution is 0.135. The summed E-state index contributed by atoms with van der Waals surface area (Å²) in [4.78, 5) is 11.7. The summed E-state index contributed by atoms with van der Waals surface area (Å²) in [5.41, 5.74) is 4.75. The summed E-state index contributed by atoms with van der Waals surface area (Å²) >= 11 is 0. The number of likely N-dealkylation sites (tertiary alicyclic amines) is 1. The van der Waals surface area contributed by atoms with Crippen LogP contribution in [0.1, 0.15) is 48.5 Å². The molecule has 1 atom stereocenters. The second kappa shape index (κ2) is 7.85. The molecule has 1 unspecified atom stereocenters. The van der Waals surface area contributed by atoms with E-state index in [1.807, 2.05) is 6.07 Å². The Morgan fingerprint density at radius 3 is 2.48 bits per heavy atom. The highest BCUT2D eigenvalue weighted by Gasteiger charge is 2.25. The molecule has 0 spiro atoms. The van der Waals surface area contributed by atoms with Crippen molar-refractivity contribution in [1.29, 1.82) is 0 Å². The fourth-order valence-corrected chi connectivity index (χ4v) is 4.28. The Labute approximate surface area is 161 Å². The summed E-state index contributed by atoms with van der Waals surface area (Å²) in [5.74, 6) is 2.16. The first-order valence-electron chi connectivity index (χ1n) is 10.0. The van der Waals surface area contributed by atoms with Crippen molar-refractivity contribution in [2.45, 2.75) is 46.1 Å². The van der Waals surface area contributed by atoms with Gasteiger partial charge in [-0.3, -0.25) is 9.88 Å². The molecule has 1 saturated heterocycles. The minimum absolute atomic E-state index is 0.298. The van der Waals surface area contributed by atoms with Crippen LogP contribution < -0.4 is 9.47 Å². The minimum Gasteiger partial charge on any atom is -0.484 e. The minimum atomic E-state index is 0.298. The van der Waals surface area contributed by atoms with Crippen molar-refractivity contribution in [2.24, 2.45) is 5.92 Å². The van der Waals surface area contributed by atoms with Crippen LogP contribution in [0.3, 0.4) is 0 Å². The third-order valence-corrected chi connectivity index (χ3v) is 5.72. The van der Waals surface area contributed by atoms with Gasteiger partial charge in [-0.25, -0.2) is 4.98 Å². The number of hydrogen-bond donors (Lipinski definition) is 0. The topological polar surface area (TPSA) is 47.5 Å². The first-order chi connectivity index (χ1) is 13.1. The Kier molecular flexibility index (Phi) is 5.30. The van der Waals surface area contributed by atoms with Crippen LogP contribution >= 0.6 is 0 Å². The largest absolute Gasteiger partial charge is 0.484 e. The first-order valence-corrected chi connectivity index (χ1v) is 10.0. The number of fused-ring (bicyclic) bond motifs is 1. The summed E-state index contributed by atoms with van der Waals surface area (Å²) in [7, 11) is 0. The molecule has 2 aliphatic heterocycles. The second-order valence-corrected chi connectivity index (χ2v) is 7.85. The molecule has 0 bridgehead atoms. The average molecular weight is 367 g/mol. The van der Waals surface area contributed by atoms with E-state index < -0.39 is 0 Å². The lowest BCUT2D eigenvalue weighted by Crippen LogP contribution is -2.36. The van der Waals surface area contributed by atoms with Gasteiger partial charge in [0.1, 0.15) is 13.2 Å². The van der Waals surface area contributed by atoms with E-state index in [1.165, 1.54) is 18.4 Å². The van der Waals surface area contributed by atoms with E-state index in [0.717, 1.165) is 48.3 Å². The van der Waals surface area contributed by atoms with E-state index in [2.05, 4.69) is 48.9 Å². The monoisotopic (exact) mass is 367 g/mol. The summed E-state index contributed by atoms with van der Waals surface area (Å²) in [6.07, 6.45) is 3.62. The Morgan fingerprint density at radius 1 is 1.04 bits per heavy atom. The van der Waals surface area contributed by atoms with Crippen molar-refractivity contribution in [3.05, 3.63) is 46.9 Å². The molecule has 144 valence electrons. The van der Waals surface area contributed by atoms with E-state index in [9.17, 15) is 0 Å². The van der Waals surface area contributed by atoms with Gasteiger partial charge >= 0.3 is 0 Å². The number of aryl methyl sites for hydroxylation is 2. The molecule has 0 aliphatic carbocycles. The van der Waals surface area contributed by atoms with Crippen LogP contribution in [0, 0.1) is 19.8 Å². The lowest BCUT2D eigenvalue weighted by Gasteiger charge is -2.36. The first kappa shape index (κ1) is 18.2. The van der Waals surface area contributed by atoms with Crippen molar-refractivity contribution in [3.63, 3.8) is 0 Å². The van der Waals surface area contributed by atoms with Gasteiger partial charge in [-0.15, -0.1) is 0 Å².